The maximum Gasteiger partial charge on any atom is 0.488 e. The molecule has 0 saturated heterocycles. The largest absolute Gasteiger partial charge is 0.488 e. The van der Waals surface area contributed by atoms with Gasteiger partial charge in [0.25, 0.3) is 0 Å². The molecule has 0 aliphatic carbocycles. The Labute approximate surface area is 617 Å². The first kappa shape index (κ1) is 62.6. The van der Waals surface area contributed by atoms with Crippen molar-refractivity contribution < 1.29 is 18.9 Å². The number of nitrogens with zero attached hydrogens (tertiary/aromatic N) is 4. The highest BCUT2D eigenvalue weighted by atomic mass is 79.9. The Balaban J connectivity index is 0.000000115. The molecule has 0 amide bonds. The van der Waals surface area contributed by atoms with Crippen LogP contribution in [0, 0.1) is 0 Å². The molecular weight excluding hydrogens is 1360 g/mol. The zero-order valence-corrected chi connectivity index (χ0v) is 58.7. The van der Waals surface area contributed by atoms with E-state index in [0.29, 0.717) is 5.46 Å². The van der Waals surface area contributed by atoms with Crippen LogP contribution < -0.4 is 5.46 Å². The summed E-state index contributed by atoms with van der Waals surface area (Å²) >= 11 is 3.74. The fourth-order valence-electron chi connectivity index (χ4n) is 16.3. The van der Waals surface area contributed by atoms with Crippen molar-refractivity contribution in [3.8, 4) is 56.1 Å². The first-order chi connectivity index (χ1) is 52.4. The average molecular weight is 1430 g/mol. The SMILES string of the molecule is Brc1cc2c3ccccc3n(-c3ccccc3)c2c2c1oc1ccccc12.OB(O)c1ccc2c(c1)c1ccccc1n2-c1ccc(-c2ccccc2)cc1.c1ccc(-c2ccc(-n3c4ccccc4c4cc(-c5cc6c7ccccc7n(-c7ccccc7)c6c6c5oc5ccccc56)ccc43)cc2)cc1. The van der Waals surface area contributed by atoms with Crippen LogP contribution in [-0.2, 0) is 0 Å². The molecule has 0 atom stereocenters. The molecule has 0 spiro atoms. The van der Waals surface area contributed by atoms with Gasteiger partial charge in [-0.05, 0) is 164 Å². The number of rotatable bonds is 8. The second-order valence-electron chi connectivity index (χ2n) is 27.0. The van der Waals surface area contributed by atoms with Crippen molar-refractivity contribution in [1.82, 2.24) is 18.3 Å². The predicted octanol–water partition coefficient (Wildman–Crippen LogP) is 24.7. The van der Waals surface area contributed by atoms with Gasteiger partial charge in [-0.3, -0.25) is 0 Å². The first-order valence-corrected chi connectivity index (χ1v) is 36.4. The van der Waals surface area contributed by atoms with Crippen molar-refractivity contribution in [2.75, 3.05) is 0 Å². The van der Waals surface area contributed by atoms with Crippen molar-refractivity contribution >= 4 is 160 Å². The molecule has 6 aromatic heterocycles. The number of fused-ring (bicyclic) bond motifs is 20. The van der Waals surface area contributed by atoms with Gasteiger partial charge in [0.05, 0.1) is 59.4 Å². The van der Waals surface area contributed by atoms with Crippen molar-refractivity contribution in [3.05, 3.63) is 368 Å². The van der Waals surface area contributed by atoms with Crippen LogP contribution in [0.4, 0.5) is 0 Å². The second-order valence-corrected chi connectivity index (χ2v) is 27.8. The van der Waals surface area contributed by atoms with E-state index < -0.39 is 7.12 Å². The minimum absolute atomic E-state index is 0.495. The van der Waals surface area contributed by atoms with Crippen LogP contribution in [0.1, 0.15) is 0 Å². The van der Waals surface area contributed by atoms with Crippen LogP contribution >= 0.6 is 15.9 Å². The normalized spacial score (nSPS) is 11.7. The molecule has 2 N–H and O–H groups in total. The highest BCUT2D eigenvalue weighted by Crippen LogP contribution is 2.48. The van der Waals surface area contributed by atoms with Gasteiger partial charge in [-0.2, -0.15) is 0 Å². The average Bonchev–Trinajstić information content (AvgIpc) is 1.57. The molecule has 22 rings (SSSR count). The van der Waals surface area contributed by atoms with Gasteiger partial charge in [-0.25, -0.2) is 0 Å². The number of halogens is 1. The van der Waals surface area contributed by atoms with Gasteiger partial charge in [0, 0.05) is 82.2 Å². The summed E-state index contributed by atoms with van der Waals surface area (Å²) in [5.41, 5.74) is 24.8. The van der Waals surface area contributed by atoms with E-state index in [1.165, 1.54) is 87.7 Å². The monoisotopic (exact) mass is 1420 g/mol. The number of benzene rings is 16. The second kappa shape index (κ2) is 25.6. The summed E-state index contributed by atoms with van der Waals surface area (Å²) in [4.78, 5) is 0. The number of furan rings is 2. The minimum Gasteiger partial charge on any atom is -0.455 e. The van der Waals surface area contributed by atoms with Crippen molar-refractivity contribution in [2.24, 2.45) is 0 Å². The fourth-order valence-corrected chi connectivity index (χ4v) is 16.8. The predicted molar refractivity (Wildman–Crippen MR) is 445 cm³/mol. The molecule has 0 aliphatic rings. The molecule has 106 heavy (non-hydrogen) atoms. The number of hydrogen-bond donors (Lipinski definition) is 2. The van der Waals surface area contributed by atoms with E-state index in [1.807, 2.05) is 54.6 Å². The molecule has 6 heterocycles. The molecule has 0 aliphatic heterocycles. The molecule has 0 radical (unpaired) electrons. The number of hydrogen-bond acceptors (Lipinski definition) is 4. The van der Waals surface area contributed by atoms with Crippen LogP contribution in [0.2, 0.25) is 0 Å². The molecule has 10 heteroatoms. The standard InChI is InChI=1S/C48H30N2O.C24H18BNO2.C24H14BrNO/c1-3-13-31(14-4-1)32-23-26-35(27-24-32)49-42-20-10-7-17-36(42)40-29-33(25-28-44(40)49)39-30-41-37-18-8-11-21-43(37)50(34-15-5-2-6-16-34)47(41)46-38-19-9-12-22-45(38)51-48(39)46;27-25(28)19-12-15-24-22(16-19)21-8-4-5-9-23(21)26(24)20-13-10-18(11-14-20)17-6-2-1-3-7-17;25-19-14-18-16-10-4-6-12-20(16)26(15-8-2-1-3-9-15)23(18)22-17-11-5-7-13-21(17)27-24(19)22/h1-30H;1-16,27-28H;1-14H. The summed E-state index contributed by atoms with van der Waals surface area (Å²) in [5.74, 6) is 0. The van der Waals surface area contributed by atoms with E-state index in [-0.39, 0.29) is 0 Å². The van der Waals surface area contributed by atoms with E-state index in [4.69, 9.17) is 8.83 Å². The van der Waals surface area contributed by atoms with Gasteiger partial charge in [0.1, 0.15) is 16.7 Å². The van der Waals surface area contributed by atoms with Gasteiger partial charge in [0.15, 0.2) is 5.58 Å². The highest BCUT2D eigenvalue weighted by Gasteiger charge is 2.26. The Hall–Kier alpha value is -13.2. The maximum absolute atomic E-state index is 9.57. The molecule has 0 fully saturated rings. The third-order valence-electron chi connectivity index (χ3n) is 21.0. The smallest absolute Gasteiger partial charge is 0.455 e. The quantitative estimate of drug-likeness (QED) is 0.148. The van der Waals surface area contributed by atoms with E-state index in [1.54, 1.807) is 6.07 Å². The molecular formula is C96H62BBrN4O4. The summed E-state index contributed by atoms with van der Waals surface area (Å²) in [6, 6.07) is 127. The summed E-state index contributed by atoms with van der Waals surface area (Å²) in [7, 11) is -1.48. The molecule has 0 bridgehead atoms. The molecule has 16 aromatic carbocycles. The van der Waals surface area contributed by atoms with Gasteiger partial charge in [-0.15, -0.1) is 0 Å². The molecule has 0 unspecified atom stereocenters. The van der Waals surface area contributed by atoms with Gasteiger partial charge >= 0.3 is 7.12 Å². The van der Waals surface area contributed by atoms with E-state index in [0.717, 1.165) is 104 Å². The zero-order valence-electron chi connectivity index (χ0n) is 57.1. The van der Waals surface area contributed by atoms with Gasteiger partial charge in [-0.1, -0.05) is 249 Å². The third kappa shape index (κ3) is 10.3. The van der Waals surface area contributed by atoms with E-state index in [9.17, 15) is 10.0 Å². The lowest BCUT2D eigenvalue weighted by Gasteiger charge is -2.11. The summed E-state index contributed by atoms with van der Waals surface area (Å²) in [5, 5.41) is 33.1. The lowest BCUT2D eigenvalue weighted by molar-refractivity contribution is 0.426. The lowest BCUT2D eigenvalue weighted by atomic mass is 9.80. The zero-order chi connectivity index (χ0) is 70.5. The third-order valence-corrected chi connectivity index (χ3v) is 21.6. The molecule has 500 valence electrons. The van der Waals surface area contributed by atoms with Crippen LogP contribution in [0.3, 0.4) is 0 Å². The Morgan fingerprint density at radius 3 is 1.05 bits per heavy atom. The Morgan fingerprint density at radius 1 is 0.245 bits per heavy atom. The Kier molecular flexibility index (Phi) is 15.1. The Morgan fingerprint density at radius 2 is 0.575 bits per heavy atom. The van der Waals surface area contributed by atoms with E-state index >= 15 is 0 Å². The van der Waals surface area contributed by atoms with Crippen LogP contribution in [-0.4, -0.2) is 35.4 Å². The van der Waals surface area contributed by atoms with Crippen LogP contribution in [0.15, 0.2) is 377 Å². The maximum atomic E-state index is 9.57. The van der Waals surface area contributed by atoms with Crippen LogP contribution in [0.5, 0.6) is 0 Å². The van der Waals surface area contributed by atoms with Crippen LogP contribution in [0.25, 0.3) is 187 Å². The summed E-state index contributed by atoms with van der Waals surface area (Å²) < 4.78 is 23.4. The fraction of sp³-hybridized carbons (Fsp3) is 0. The lowest BCUT2D eigenvalue weighted by Crippen LogP contribution is -2.29. The van der Waals surface area contributed by atoms with E-state index in [2.05, 4.69) is 338 Å². The van der Waals surface area contributed by atoms with Gasteiger partial charge in [0.2, 0.25) is 0 Å². The highest BCUT2D eigenvalue weighted by molar-refractivity contribution is 9.10. The molecule has 0 saturated carbocycles. The molecule has 22 aromatic rings. The number of aromatic nitrogens is 4. The topological polar surface area (TPSA) is 86.5 Å². The minimum atomic E-state index is -1.48. The Bertz CT molecular complexity index is 7160. The van der Waals surface area contributed by atoms with Crippen molar-refractivity contribution in [1.29, 1.82) is 0 Å². The summed E-state index contributed by atoms with van der Waals surface area (Å²) in [6.45, 7) is 0. The van der Waals surface area contributed by atoms with Gasteiger partial charge < -0.3 is 37.2 Å². The summed E-state index contributed by atoms with van der Waals surface area (Å²) in [6.07, 6.45) is 0. The number of para-hydroxylation sites is 8. The first-order valence-electron chi connectivity index (χ1n) is 35.6. The van der Waals surface area contributed by atoms with Crippen molar-refractivity contribution in [3.63, 3.8) is 0 Å². The molecule has 8 nitrogen and oxygen atoms in total. The van der Waals surface area contributed by atoms with Crippen molar-refractivity contribution in [2.45, 2.75) is 0 Å².